The number of nitrogens with two attached hydrogens (primary N) is 1. The minimum Gasteiger partial charge on any atom is -0.399 e. The van der Waals surface area contributed by atoms with Gasteiger partial charge in [0, 0.05) is 34.4 Å². The molecule has 104 valence electrons. The summed E-state index contributed by atoms with van der Waals surface area (Å²) in [5.74, 6) is 0.663. The van der Waals surface area contributed by atoms with Gasteiger partial charge < -0.3 is 11.1 Å². The van der Waals surface area contributed by atoms with Gasteiger partial charge in [-0.1, -0.05) is 29.8 Å². The number of aromatic nitrogens is 2. The van der Waals surface area contributed by atoms with Gasteiger partial charge in [-0.05, 0) is 29.8 Å². The molecule has 0 unspecified atom stereocenters. The zero-order chi connectivity index (χ0) is 14.7. The number of hydrogen-bond donors (Lipinski definition) is 2. The van der Waals surface area contributed by atoms with E-state index in [0.717, 1.165) is 22.5 Å². The number of hydrogen-bond acceptors (Lipinski definition) is 4. The Morgan fingerprint density at radius 2 is 1.81 bits per heavy atom. The fourth-order valence-corrected chi connectivity index (χ4v) is 2.21. The summed E-state index contributed by atoms with van der Waals surface area (Å²) in [7, 11) is 0. The molecule has 3 N–H and O–H groups in total. The summed E-state index contributed by atoms with van der Waals surface area (Å²) in [6.07, 6.45) is 4.92. The molecule has 0 atom stereocenters. The van der Waals surface area contributed by atoms with E-state index in [4.69, 9.17) is 17.3 Å². The van der Waals surface area contributed by atoms with Crippen molar-refractivity contribution in [3.05, 3.63) is 66.1 Å². The van der Waals surface area contributed by atoms with E-state index in [0.29, 0.717) is 10.8 Å². The van der Waals surface area contributed by atoms with Crippen LogP contribution >= 0.6 is 11.6 Å². The van der Waals surface area contributed by atoms with Crippen molar-refractivity contribution in [1.82, 2.24) is 9.97 Å². The molecule has 0 radical (unpaired) electrons. The quantitative estimate of drug-likeness (QED) is 0.714. The Morgan fingerprint density at radius 1 is 1.00 bits per heavy atom. The van der Waals surface area contributed by atoms with Crippen LogP contribution in [0.3, 0.4) is 0 Å². The fourth-order valence-electron chi connectivity index (χ4n) is 2.04. The van der Waals surface area contributed by atoms with Gasteiger partial charge in [0.05, 0.1) is 6.20 Å². The van der Waals surface area contributed by atoms with Crippen LogP contribution in [0.4, 0.5) is 17.2 Å². The summed E-state index contributed by atoms with van der Waals surface area (Å²) < 4.78 is 0. The maximum atomic E-state index is 6.10. The Balaban J connectivity index is 2.03. The molecule has 3 aromatic rings. The molecular formula is C16H13ClN4. The minimum absolute atomic E-state index is 0.653. The SMILES string of the molecule is Nc1ccc(-c2ccc(Cl)cc2Nc2cnccn2)cc1. The number of rotatable bonds is 3. The lowest BCUT2D eigenvalue weighted by Gasteiger charge is -2.12. The monoisotopic (exact) mass is 296 g/mol. The van der Waals surface area contributed by atoms with E-state index >= 15 is 0 Å². The molecule has 3 rings (SSSR count). The van der Waals surface area contributed by atoms with Gasteiger partial charge in [-0.15, -0.1) is 0 Å². The van der Waals surface area contributed by atoms with Crippen LogP contribution < -0.4 is 11.1 Å². The molecule has 0 aliphatic rings. The third-order valence-electron chi connectivity index (χ3n) is 3.03. The predicted molar refractivity (Wildman–Crippen MR) is 86.6 cm³/mol. The minimum atomic E-state index is 0.653. The first-order valence-corrected chi connectivity index (χ1v) is 6.79. The summed E-state index contributed by atoms with van der Waals surface area (Å²) >= 11 is 6.10. The second-order valence-electron chi connectivity index (χ2n) is 4.53. The Morgan fingerprint density at radius 3 is 2.52 bits per heavy atom. The Labute approximate surface area is 127 Å². The van der Waals surface area contributed by atoms with Crippen LogP contribution in [-0.2, 0) is 0 Å². The molecule has 0 spiro atoms. The summed E-state index contributed by atoms with van der Waals surface area (Å²) in [6.45, 7) is 0. The van der Waals surface area contributed by atoms with Gasteiger partial charge >= 0.3 is 0 Å². The third kappa shape index (κ3) is 3.12. The lowest BCUT2D eigenvalue weighted by molar-refractivity contribution is 1.20. The van der Waals surface area contributed by atoms with E-state index in [-0.39, 0.29) is 0 Å². The van der Waals surface area contributed by atoms with Crippen LogP contribution in [-0.4, -0.2) is 9.97 Å². The van der Waals surface area contributed by atoms with Crippen molar-refractivity contribution in [2.45, 2.75) is 0 Å². The van der Waals surface area contributed by atoms with Gasteiger partial charge in [0.25, 0.3) is 0 Å². The molecule has 5 heteroatoms. The number of nitrogen functional groups attached to an aromatic ring is 1. The first kappa shape index (κ1) is 13.4. The van der Waals surface area contributed by atoms with E-state index in [1.165, 1.54) is 0 Å². The summed E-state index contributed by atoms with van der Waals surface area (Å²) in [4.78, 5) is 8.26. The van der Waals surface area contributed by atoms with Crippen LogP contribution in [0.1, 0.15) is 0 Å². The molecule has 4 nitrogen and oxygen atoms in total. The highest BCUT2D eigenvalue weighted by Crippen LogP contribution is 2.32. The molecule has 0 fully saturated rings. The molecule has 0 aliphatic heterocycles. The second-order valence-corrected chi connectivity index (χ2v) is 4.96. The standard InChI is InChI=1S/C16H13ClN4/c17-12-3-6-14(11-1-4-13(18)5-2-11)15(9-12)21-16-10-19-7-8-20-16/h1-10H,18H2,(H,20,21). The van der Waals surface area contributed by atoms with E-state index in [9.17, 15) is 0 Å². The molecule has 0 aliphatic carbocycles. The molecule has 1 aromatic heterocycles. The lowest BCUT2D eigenvalue weighted by atomic mass is 10.0. The van der Waals surface area contributed by atoms with Crippen molar-refractivity contribution >= 4 is 28.8 Å². The van der Waals surface area contributed by atoms with Crippen molar-refractivity contribution in [3.8, 4) is 11.1 Å². The van der Waals surface area contributed by atoms with Gasteiger partial charge in [0.1, 0.15) is 5.82 Å². The van der Waals surface area contributed by atoms with Crippen LogP contribution in [0.25, 0.3) is 11.1 Å². The average molecular weight is 297 g/mol. The van der Waals surface area contributed by atoms with Gasteiger partial charge in [-0.2, -0.15) is 0 Å². The average Bonchev–Trinajstić information content (AvgIpc) is 2.50. The summed E-state index contributed by atoms with van der Waals surface area (Å²) in [5, 5.41) is 3.89. The van der Waals surface area contributed by atoms with E-state index in [1.54, 1.807) is 18.6 Å². The first-order valence-electron chi connectivity index (χ1n) is 6.41. The van der Waals surface area contributed by atoms with Gasteiger partial charge in [-0.25, -0.2) is 4.98 Å². The largest absolute Gasteiger partial charge is 0.399 e. The number of benzene rings is 2. The molecule has 1 heterocycles. The van der Waals surface area contributed by atoms with Crippen molar-refractivity contribution < 1.29 is 0 Å². The molecule has 0 amide bonds. The summed E-state index contributed by atoms with van der Waals surface area (Å²) in [6, 6.07) is 13.4. The topological polar surface area (TPSA) is 63.8 Å². The Bertz CT molecular complexity index is 742. The molecule has 21 heavy (non-hydrogen) atoms. The van der Waals surface area contributed by atoms with Gasteiger partial charge in [-0.3, -0.25) is 4.98 Å². The zero-order valence-electron chi connectivity index (χ0n) is 11.1. The maximum absolute atomic E-state index is 6.10. The van der Waals surface area contributed by atoms with Crippen molar-refractivity contribution in [3.63, 3.8) is 0 Å². The highest BCUT2D eigenvalue weighted by atomic mass is 35.5. The predicted octanol–water partition coefficient (Wildman–Crippen LogP) is 4.12. The number of anilines is 3. The number of nitrogens with one attached hydrogen (secondary N) is 1. The summed E-state index contributed by atoms with van der Waals surface area (Å²) in [5.41, 5.74) is 9.40. The lowest BCUT2D eigenvalue weighted by Crippen LogP contribution is -1.96. The Hall–Kier alpha value is -2.59. The second kappa shape index (κ2) is 5.81. The molecule has 0 saturated carbocycles. The van der Waals surface area contributed by atoms with Crippen molar-refractivity contribution in [2.24, 2.45) is 0 Å². The van der Waals surface area contributed by atoms with E-state index in [1.807, 2.05) is 42.5 Å². The molecular weight excluding hydrogens is 284 g/mol. The van der Waals surface area contributed by atoms with Crippen molar-refractivity contribution in [1.29, 1.82) is 0 Å². The van der Waals surface area contributed by atoms with Crippen LogP contribution in [0, 0.1) is 0 Å². The number of nitrogens with zero attached hydrogens (tertiary/aromatic N) is 2. The van der Waals surface area contributed by atoms with Crippen molar-refractivity contribution in [2.75, 3.05) is 11.1 Å². The fraction of sp³-hybridized carbons (Fsp3) is 0. The number of halogens is 1. The van der Waals surface area contributed by atoms with Crippen LogP contribution in [0.2, 0.25) is 5.02 Å². The van der Waals surface area contributed by atoms with E-state index < -0.39 is 0 Å². The normalized spacial score (nSPS) is 10.3. The first-order chi connectivity index (χ1) is 10.2. The van der Waals surface area contributed by atoms with Gasteiger partial charge in [0.2, 0.25) is 0 Å². The van der Waals surface area contributed by atoms with Gasteiger partial charge in [0.15, 0.2) is 0 Å². The zero-order valence-corrected chi connectivity index (χ0v) is 11.9. The maximum Gasteiger partial charge on any atom is 0.148 e. The molecule has 0 saturated heterocycles. The molecule has 2 aromatic carbocycles. The highest BCUT2D eigenvalue weighted by Gasteiger charge is 2.07. The molecule has 0 bridgehead atoms. The Kier molecular flexibility index (Phi) is 3.71. The van der Waals surface area contributed by atoms with Crippen LogP contribution in [0.5, 0.6) is 0 Å². The van der Waals surface area contributed by atoms with Crippen LogP contribution in [0.15, 0.2) is 61.1 Å². The highest BCUT2D eigenvalue weighted by molar-refractivity contribution is 6.31. The third-order valence-corrected chi connectivity index (χ3v) is 3.26. The smallest absolute Gasteiger partial charge is 0.148 e. The van der Waals surface area contributed by atoms with E-state index in [2.05, 4.69) is 15.3 Å².